The van der Waals surface area contributed by atoms with E-state index in [0.29, 0.717) is 0 Å². The van der Waals surface area contributed by atoms with Gasteiger partial charge in [-0.1, -0.05) is 43.3 Å². The predicted molar refractivity (Wildman–Crippen MR) is 95.7 cm³/mol. The van der Waals surface area contributed by atoms with Crippen molar-refractivity contribution in [1.29, 1.82) is 0 Å². The van der Waals surface area contributed by atoms with E-state index in [-0.39, 0.29) is 17.3 Å². The molecule has 2 aromatic carbocycles. The van der Waals surface area contributed by atoms with Crippen molar-refractivity contribution >= 4 is 23.4 Å². The van der Waals surface area contributed by atoms with E-state index in [2.05, 4.69) is 12.2 Å². The first-order valence-electron chi connectivity index (χ1n) is 8.02. The number of hydrogen-bond donors (Lipinski definition) is 3. The van der Waals surface area contributed by atoms with E-state index in [1.807, 2.05) is 29.6 Å². The van der Waals surface area contributed by atoms with E-state index in [0.717, 1.165) is 12.0 Å². The van der Waals surface area contributed by atoms with Gasteiger partial charge in [0.2, 0.25) is 0 Å². The lowest BCUT2D eigenvalue weighted by Gasteiger charge is -2.14. The number of amides is 3. The summed E-state index contributed by atoms with van der Waals surface area (Å²) in [4.78, 5) is 35.9. The molecular formula is C19H21N3O3. The molecule has 0 fully saturated rings. The molecule has 0 aromatic heterocycles. The summed E-state index contributed by atoms with van der Waals surface area (Å²) in [6.07, 6.45) is 0.925. The fourth-order valence-electron chi connectivity index (χ4n) is 2.32. The van der Waals surface area contributed by atoms with Gasteiger partial charge in [-0.15, -0.1) is 0 Å². The van der Waals surface area contributed by atoms with Crippen LogP contribution in [0.15, 0.2) is 48.5 Å². The fourth-order valence-corrected chi connectivity index (χ4v) is 2.32. The van der Waals surface area contributed by atoms with Crippen LogP contribution in [-0.4, -0.2) is 17.7 Å². The number of para-hydroxylation sites is 1. The van der Waals surface area contributed by atoms with Crippen LogP contribution in [0.1, 0.15) is 41.4 Å². The Bertz CT molecular complexity index is 785. The molecule has 0 spiro atoms. The van der Waals surface area contributed by atoms with Crippen molar-refractivity contribution in [3.63, 3.8) is 0 Å². The highest BCUT2D eigenvalue weighted by Gasteiger charge is 2.20. The number of rotatable bonds is 4. The summed E-state index contributed by atoms with van der Waals surface area (Å²) < 4.78 is 0. The number of carbonyl (C=O) groups excluding carboxylic acids is 3. The third-order valence-corrected chi connectivity index (χ3v) is 3.87. The first kappa shape index (κ1) is 18.2. The molecule has 25 heavy (non-hydrogen) atoms. The third kappa shape index (κ3) is 4.67. The van der Waals surface area contributed by atoms with E-state index in [4.69, 9.17) is 5.73 Å². The fraction of sp³-hybridized carbons (Fsp3) is 0.211. The minimum atomic E-state index is -1.02. The standard InChI is InChI=1S/C19H21N3O3/c1-3-13-8-10-14(11-9-13)12(2)21-18(24)19(25)22-17(23)15-6-4-5-7-16(15)20/h4-12H,3,20H2,1-2H3,(H,21,24)(H,22,23,25). The van der Waals surface area contributed by atoms with Crippen LogP contribution in [0.2, 0.25) is 0 Å². The van der Waals surface area contributed by atoms with Gasteiger partial charge in [0.25, 0.3) is 5.91 Å². The van der Waals surface area contributed by atoms with Gasteiger partial charge in [0.15, 0.2) is 0 Å². The van der Waals surface area contributed by atoms with Crippen LogP contribution >= 0.6 is 0 Å². The summed E-state index contributed by atoms with van der Waals surface area (Å²) in [5, 5.41) is 4.61. The number of hydrogen-bond acceptors (Lipinski definition) is 4. The Hall–Kier alpha value is -3.15. The summed E-state index contributed by atoms with van der Waals surface area (Å²) in [5.41, 5.74) is 8.12. The third-order valence-electron chi connectivity index (χ3n) is 3.87. The van der Waals surface area contributed by atoms with Crippen LogP contribution in [0.5, 0.6) is 0 Å². The number of benzene rings is 2. The predicted octanol–water partition coefficient (Wildman–Crippen LogP) is 1.96. The molecule has 0 heterocycles. The van der Waals surface area contributed by atoms with Crippen molar-refractivity contribution in [2.24, 2.45) is 0 Å². The van der Waals surface area contributed by atoms with Gasteiger partial charge in [0.05, 0.1) is 11.6 Å². The average molecular weight is 339 g/mol. The smallest absolute Gasteiger partial charge is 0.316 e. The molecule has 0 saturated carbocycles. The number of imide groups is 1. The van der Waals surface area contributed by atoms with E-state index < -0.39 is 17.7 Å². The van der Waals surface area contributed by atoms with Crippen LogP contribution in [0.25, 0.3) is 0 Å². The monoisotopic (exact) mass is 339 g/mol. The first-order chi connectivity index (χ1) is 11.9. The van der Waals surface area contributed by atoms with Gasteiger partial charge in [0.1, 0.15) is 0 Å². The van der Waals surface area contributed by atoms with Gasteiger partial charge in [-0.3, -0.25) is 19.7 Å². The second-order valence-electron chi connectivity index (χ2n) is 5.66. The van der Waals surface area contributed by atoms with Crippen LogP contribution in [0.4, 0.5) is 5.69 Å². The first-order valence-corrected chi connectivity index (χ1v) is 8.02. The molecule has 1 unspecified atom stereocenters. The van der Waals surface area contributed by atoms with Crippen molar-refractivity contribution < 1.29 is 14.4 Å². The van der Waals surface area contributed by atoms with E-state index in [1.54, 1.807) is 25.1 Å². The summed E-state index contributed by atoms with van der Waals surface area (Å²) in [6, 6.07) is 13.7. The van der Waals surface area contributed by atoms with Gasteiger partial charge in [0, 0.05) is 5.69 Å². The molecule has 2 aromatic rings. The van der Waals surface area contributed by atoms with Crippen molar-refractivity contribution in [2.75, 3.05) is 5.73 Å². The Morgan fingerprint density at radius 2 is 1.64 bits per heavy atom. The summed E-state index contributed by atoms with van der Waals surface area (Å²) in [6.45, 7) is 3.82. The lowest BCUT2D eigenvalue weighted by atomic mass is 10.0. The number of nitrogens with one attached hydrogen (secondary N) is 2. The van der Waals surface area contributed by atoms with Crippen LogP contribution in [-0.2, 0) is 16.0 Å². The highest BCUT2D eigenvalue weighted by molar-refractivity contribution is 6.38. The summed E-state index contributed by atoms with van der Waals surface area (Å²) >= 11 is 0. The summed E-state index contributed by atoms with van der Waals surface area (Å²) in [7, 11) is 0. The molecule has 0 radical (unpaired) electrons. The van der Waals surface area contributed by atoms with Crippen molar-refractivity contribution in [3.05, 3.63) is 65.2 Å². The number of aryl methyl sites for hydroxylation is 1. The largest absolute Gasteiger partial charge is 0.398 e. The van der Waals surface area contributed by atoms with Crippen LogP contribution in [0, 0.1) is 0 Å². The lowest BCUT2D eigenvalue weighted by Crippen LogP contribution is -2.43. The second kappa shape index (κ2) is 8.10. The average Bonchev–Trinajstić information content (AvgIpc) is 2.61. The molecule has 0 bridgehead atoms. The molecule has 3 amide bonds. The van der Waals surface area contributed by atoms with Gasteiger partial charge < -0.3 is 11.1 Å². The molecule has 130 valence electrons. The highest BCUT2D eigenvalue weighted by Crippen LogP contribution is 2.14. The van der Waals surface area contributed by atoms with Gasteiger partial charge in [-0.05, 0) is 36.6 Å². The van der Waals surface area contributed by atoms with Gasteiger partial charge in [-0.25, -0.2) is 0 Å². The van der Waals surface area contributed by atoms with Crippen molar-refractivity contribution in [2.45, 2.75) is 26.3 Å². The number of nitrogen functional groups attached to an aromatic ring is 1. The maximum Gasteiger partial charge on any atom is 0.316 e. The molecular weight excluding hydrogens is 318 g/mol. The zero-order valence-corrected chi connectivity index (χ0v) is 14.2. The molecule has 0 aliphatic carbocycles. The molecule has 0 aliphatic rings. The Balaban J connectivity index is 1.96. The van der Waals surface area contributed by atoms with Crippen molar-refractivity contribution in [3.8, 4) is 0 Å². The molecule has 4 N–H and O–H groups in total. The SMILES string of the molecule is CCc1ccc(C(C)NC(=O)C(=O)NC(=O)c2ccccc2N)cc1. The highest BCUT2D eigenvalue weighted by atomic mass is 16.2. The number of nitrogens with two attached hydrogens (primary N) is 1. The quantitative estimate of drug-likeness (QED) is 0.585. The molecule has 0 aliphatic heterocycles. The van der Waals surface area contributed by atoms with E-state index >= 15 is 0 Å². The zero-order valence-electron chi connectivity index (χ0n) is 14.2. The minimum absolute atomic E-state index is 0.145. The van der Waals surface area contributed by atoms with Crippen LogP contribution in [0.3, 0.4) is 0 Å². The van der Waals surface area contributed by atoms with Crippen LogP contribution < -0.4 is 16.4 Å². The minimum Gasteiger partial charge on any atom is -0.398 e. The molecule has 1 atom stereocenters. The van der Waals surface area contributed by atoms with Crippen molar-refractivity contribution in [1.82, 2.24) is 10.6 Å². The Labute approximate surface area is 146 Å². The Morgan fingerprint density at radius 3 is 2.24 bits per heavy atom. The van der Waals surface area contributed by atoms with E-state index in [9.17, 15) is 14.4 Å². The molecule has 0 saturated heterocycles. The number of carbonyl (C=O) groups is 3. The molecule has 6 heteroatoms. The number of anilines is 1. The van der Waals surface area contributed by atoms with E-state index in [1.165, 1.54) is 11.6 Å². The Kier molecular flexibility index (Phi) is 5.89. The Morgan fingerprint density at radius 1 is 1.00 bits per heavy atom. The van der Waals surface area contributed by atoms with Gasteiger partial charge >= 0.3 is 11.8 Å². The normalized spacial score (nSPS) is 11.4. The van der Waals surface area contributed by atoms with Gasteiger partial charge in [-0.2, -0.15) is 0 Å². The summed E-state index contributed by atoms with van der Waals surface area (Å²) in [5.74, 6) is -2.61. The maximum atomic E-state index is 12.0. The molecule has 2 rings (SSSR count). The molecule has 6 nitrogen and oxygen atoms in total. The maximum absolute atomic E-state index is 12.0. The lowest BCUT2D eigenvalue weighted by molar-refractivity contribution is -0.139. The second-order valence-corrected chi connectivity index (χ2v) is 5.66. The topological polar surface area (TPSA) is 101 Å². The zero-order chi connectivity index (χ0) is 18.4.